The number of rotatable bonds is 9. The van der Waals surface area contributed by atoms with Crippen molar-refractivity contribution in [3.8, 4) is 0 Å². The van der Waals surface area contributed by atoms with Crippen LogP contribution in [-0.4, -0.2) is 32.9 Å². The minimum absolute atomic E-state index is 0.0160. The van der Waals surface area contributed by atoms with Crippen molar-refractivity contribution in [1.82, 2.24) is 10.6 Å². The van der Waals surface area contributed by atoms with E-state index in [1.165, 1.54) is 36.6 Å². The predicted molar refractivity (Wildman–Crippen MR) is 124 cm³/mol. The molecular formula is C23H21N3O7S. The second kappa shape index (κ2) is 11.5. The standard InChI is InChI=1S/C23H21N3O7S/c27-21(25-23(29)24-15-20-10-5-12-32-20)16-33-22(28)18-8-4-9-19(14-18)26-34(30,31)13-11-17-6-2-1-3-7-17/h1-14,26H,15-16H2,(H2,24,25,27,29). The molecule has 0 saturated heterocycles. The highest BCUT2D eigenvalue weighted by atomic mass is 32.2. The summed E-state index contributed by atoms with van der Waals surface area (Å²) in [7, 11) is -3.83. The lowest BCUT2D eigenvalue weighted by atomic mass is 10.2. The summed E-state index contributed by atoms with van der Waals surface area (Å²) in [5.41, 5.74) is 0.856. The largest absolute Gasteiger partial charge is 0.467 e. The van der Waals surface area contributed by atoms with Crippen molar-refractivity contribution in [2.24, 2.45) is 0 Å². The first kappa shape index (κ1) is 24.3. The molecule has 3 aromatic rings. The average Bonchev–Trinajstić information content (AvgIpc) is 3.34. The molecule has 0 unspecified atom stereocenters. The van der Waals surface area contributed by atoms with Gasteiger partial charge in [0.25, 0.3) is 15.9 Å². The third-order valence-corrected chi connectivity index (χ3v) is 5.20. The number of amides is 3. The van der Waals surface area contributed by atoms with Gasteiger partial charge >= 0.3 is 12.0 Å². The van der Waals surface area contributed by atoms with E-state index in [0.29, 0.717) is 11.3 Å². The van der Waals surface area contributed by atoms with E-state index in [4.69, 9.17) is 9.15 Å². The number of esters is 1. The molecule has 0 fully saturated rings. The Bertz CT molecular complexity index is 1270. The van der Waals surface area contributed by atoms with Crippen molar-refractivity contribution in [2.45, 2.75) is 6.54 Å². The van der Waals surface area contributed by atoms with Crippen LogP contribution in [0.4, 0.5) is 10.5 Å². The van der Waals surface area contributed by atoms with E-state index in [1.807, 2.05) is 11.4 Å². The summed E-state index contributed by atoms with van der Waals surface area (Å²) < 4.78 is 36.9. The Labute approximate surface area is 195 Å². The summed E-state index contributed by atoms with van der Waals surface area (Å²) >= 11 is 0. The average molecular weight is 484 g/mol. The maximum Gasteiger partial charge on any atom is 0.338 e. The van der Waals surface area contributed by atoms with Crippen LogP contribution in [0.15, 0.2) is 82.8 Å². The highest BCUT2D eigenvalue weighted by Crippen LogP contribution is 2.14. The van der Waals surface area contributed by atoms with Crippen LogP contribution in [0.5, 0.6) is 0 Å². The maximum absolute atomic E-state index is 12.3. The summed E-state index contributed by atoms with van der Waals surface area (Å²) in [6.07, 6.45) is 2.88. The van der Waals surface area contributed by atoms with Crippen LogP contribution in [0.25, 0.3) is 6.08 Å². The Hall–Kier alpha value is -4.38. The van der Waals surface area contributed by atoms with Gasteiger partial charge in [-0.25, -0.2) is 18.0 Å². The Morgan fingerprint density at radius 1 is 0.971 bits per heavy atom. The molecule has 0 radical (unpaired) electrons. The molecular weight excluding hydrogens is 462 g/mol. The van der Waals surface area contributed by atoms with Crippen LogP contribution in [0.2, 0.25) is 0 Å². The van der Waals surface area contributed by atoms with Gasteiger partial charge in [-0.2, -0.15) is 0 Å². The van der Waals surface area contributed by atoms with Gasteiger partial charge in [-0.1, -0.05) is 36.4 Å². The number of furan rings is 1. The topological polar surface area (TPSA) is 144 Å². The highest BCUT2D eigenvalue weighted by molar-refractivity contribution is 7.95. The third-order valence-electron chi connectivity index (χ3n) is 4.19. The number of carbonyl (C=O) groups is 3. The fraction of sp³-hybridized carbons (Fsp3) is 0.0870. The van der Waals surface area contributed by atoms with E-state index in [0.717, 1.165) is 5.41 Å². The number of imide groups is 1. The van der Waals surface area contributed by atoms with Crippen LogP contribution in [0, 0.1) is 0 Å². The lowest BCUT2D eigenvalue weighted by Crippen LogP contribution is -2.41. The summed E-state index contributed by atoms with van der Waals surface area (Å²) in [6, 6.07) is 17.0. The normalized spacial score (nSPS) is 11.1. The van der Waals surface area contributed by atoms with E-state index >= 15 is 0 Å². The molecule has 0 saturated carbocycles. The second-order valence-corrected chi connectivity index (χ2v) is 8.39. The molecule has 0 aliphatic heterocycles. The molecule has 3 rings (SSSR count). The van der Waals surface area contributed by atoms with Gasteiger partial charge in [0.05, 0.1) is 23.8 Å². The fourth-order valence-electron chi connectivity index (χ4n) is 2.64. The van der Waals surface area contributed by atoms with Gasteiger partial charge in [0.15, 0.2) is 6.61 Å². The lowest BCUT2D eigenvalue weighted by Gasteiger charge is -2.08. The number of nitrogens with one attached hydrogen (secondary N) is 3. The number of ether oxygens (including phenoxy) is 1. The summed E-state index contributed by atoms with van der Waals surface area (Å²) in [5.74, 6) is -1.21. The number of hydrogen-bond acceptors (Lipinski definition) is 7. The Kier molecular flexibility index (Phi) is 8.19. The number of benzene rings is 2. The highest BCUT2D eigenvalue weighted by Gasteiger charge is 2.14. The van der Waals surface area contributed by atoms with Crippen molar-refractivity contribution in [3.05, 3.63) is 95.3 Å². The van der Waals surface area contributed by atoms with Gasteiger partial charge in [0.1, 0.15) is 5.76 Å². The quantitative estimate of drug-likeness (QED) is 0.397. The van der Waals surface area contributed by atoms with Gasteiger partial charge in [-0.05, 0) is 42.0 Å². The van der Waals surface area contributed by atoms with Gasteiger partial charge in [0, 0.05) is 5.69 Å². The molecule has 11 heteroatoms. The van der Waals surface area contributed by atoms with E-state index in [9.17, 15) is 22.8 Å². The van der Waals surface area contributed by atoms with Crippen LogP contribution in [-0.2, 0) is 26.1 Å². The van der Waals surface area contributed by atoms with Crippen molar-refractivity contribution < 1.29 is 32.0 Å². The van der Waals surface area contributed by atoms with Crippen molar-refractivity contribution in [2.75, 3.05) is 11.3 Å². The number of hydrogen-bond donors (Lipinski definition) is 3. The van der Waals surface area contributed by atoms with Crippen LogP contribution < -0.4 is 15.4 Å². The fourth-order valence-corrected chi connectivity index (χ4v) is 3.50. The third kappa shape index (κ3) is 7.95. The van der Waals surface area contributed by atoms with Gasteiger partial charge < -0.3 is 14.5 Å². The summed E-state index contributed by atoms with van der Waals surface area (Å²) in [5, 5.41) is 5.43. The van der Waals surface area contributed by atoms with Gasteiger partial charge in [-0.15, -0.1) is 0 Å². The minimum Gasteiger partial charge on any atom is -0.467 e. The maximum atomic E-state index is 12.3. The molecule has 0 bridgehead atoms. The van der Waals surface area contributed by atoms with E-state index in [2.05, 4.69) is 10.0 Å². The Morgan fingerprint density at radius 2 is 1.76 bits per heavy atom. The smallest absolute Gasteiger partial charge is 0.338 e. The first-order chi connectivity index (χ1) is 16.3. The van der Waals surface area contributed by atoms with E-state index < -0.39 is 34.5 Å². The Morgan fingerprint density at radius 3 is 2.50 bits per heavy atom. The summed E-state index contributed by atoms with van der Waals surface area (Å²) in [6.45, 7) is -0.627. The molecule has 3 amide bonds. The number of sulfonamides is 1. The number of urea groups is 1. The molecule has 1 heterocycles. The van der Waals surface area contributed by atoms with Crippen molar-refractivity contribution in [1.29, 1.82) is 0 Å². The van der Waals surface area contributed by atoms with Crippen LogP contribution in [0.3, 0.4) is 0 Å². The first-order valence-electron chi connectivity index (χ1n) is 9.94. The zero-order valence-corrected chi connectivity index (χ0v) is 18.6. The first-order valence-corrected chi connectivity index (χ1v) is 11.5. The monoisotopic (exact) mass is 483 g/mol. The molecule has 1 aromatic heterocycles. The van der Waals surface area contributed by atoms with E-state index in [-0.39, 0.29) is 17.8 Å². The predicted octanol–water partition coefficient (Wildman–Crippen LogP) is 2.88. The second-order valence-electron chi connectivity index (χ2n) is 6.83. The molecule has 2 aromatic carbocycles. The molecule has 34 heavy (non-hydrogen) atoms. The lowest BCUT2D eigenvalue weighted by molar-refractivity contribution is -0.123. The SMILES string of the molecule is O=C(COC(=O)c1cccc(NS(=O)(=O)C=Cc2ccccc2)c1)NC(=O)NCc1ccco1. The van der Waals surface area contributed by atoms with Crippen molar-refractivity contribution in [3.63, 3.8) is 0 Å². The molecule has 3 N–H and O–H groups in total. The molecule has 0 aliphatic carbocycles. The molecule has 10 nitrogen and oxygen atoms in total. The molecule has 0 aliphatic rings. The number of anilines is 1. The molecule has 0 atom stereocenters. The number of carbonyl (C=O) groups excluding carboxylic acids is 3. The Balaban J connectivity index is 1.49. The van der Waals surface area contributed by atoms with E-state index in [1.54, 1.807) is 36.4 Å². The zero-order valence-electron chi connectivity index (χ0n) is 17.8. The zero-order chi connectivity index (χ0) is 24.4. The molecule has 0 spiro atoms. The van der Waals surface area contributed by atoms with Crippen LogP contribution in [0.1, 0.15) is 21.7 Å². The summed E-state index contributed by atoms with van der Waals surface area (Å²) in [4.78, 5) is 35.7. The minimum atomic E-state index is -3.83. The van der Waals surface area contributed by atoms with Gasteiger partial charge in [0.2, 0.25) is 0 Å². The molecule has 176 valence electrons. The van der Waals surface area contributed by atoms with Gasteiger partial charge in [-0.3, -0.25) is 14.8 Å². The van der Waals surface area contributed by atoms with Crippen molar-refractivity contribution >= 4 is 39.7 Å². The van der Waals surface area contributed by atoms with Crippen LogP contribution >= 0.6 is 0 Å².